The molecule has 1 N–H and O–H groups in total. The Bertz CT molecular complexity index is 430. The molecule has 1 aromatic carbocycles. The number of benzene rings is 1. The maximum Gasteiger partial charge on any atom is 0.407 e. The molecule has 0 spiro atoms. The summed E-state index contributed by atoms with van der Waals surface area (Å²) in [4.78, 5) is 13.4. The molecule has 1 aromatic rings. The Morgan fingerprint density at radius 2 is 1.76 bits per heavy atom. The first-order valence-electron chi connectivity index (χ1n) is 7.03. The zero-order chi connectivity index (χ0) is 15.9. The van der Waals surface area contributed by atoms with Gasteiger partial charge in [-0.15, -0.1) is 0 Å². The van der Waals surface area contributed by atoms with Gasteiger partial charge in [0, 0.05) is 26.1 Å². The zero-order valence-corrected chi connectivity index (χ0v) is 12.3. The van der Waals surface area contributed by atoms with Gasteiger partial charge in [-0.05, 0) is 19.4 Å². The maximum atomic E-state index is 13.1. The number of hydrogen-bond acceptors (Lipinski definition) is 2. The summed E-state index contributed by atoms with van der Waals surface area (Å²) in [7, 11) is 0. The molecule has 0 aromatic heterocycles. The first-order chi connectivity index (χ1) is 9.90. The molecule has 0 fully saturated rings. The quantitative estimate of drug-likeness (QED) is 0.839. The largest absolute Gasteiger partial charge is 0.407 e. The van der Waals surface area contributed by atoms with Crippen molar-refractivity contribution >= 4 is 5.91 Å². The Labute approximate surface area is 123 Å². The van der Waals surface area contributed by atoms with Gasteiger partial charge in [-0.25, -0.2) is 0 Å². The molecule has 0 bridgehead atoms. The molecule has 3 nitrogen and oxygen atoms in total. The smallest absolute Gasteiger partial charge is 0.343 e. The van der Waals surface area contributed by atoms with Gasteiger partial charge in [-0.3, -0.25) is 4.79 Å². The van der Waals surface area contributed by atoms with Crippen LogP contribution in [0.1, 0.15) is 31.9 Å². The van der Waals surface area contributed by atoms with E-state index in [1.54, 1.807) is 23.1 Å². The number of hydrogen-bond donors (Lipinski definition) is 1. The summed E-state index contributed by atoms with van der Waals surface area (Å²) in [5, 5.41) is 2.44. The van der Waals surface area contributed by atoms with E-state index in [0.717, 1.165) is 0 Å². The minimum Gasteiger partial charge on any atom is -0.343 e. The Balaban J connectivity index is 2.62. The first-order valence-corrected chi connectivity index (χ1v) is 7.03. The van der Waals surface area contributed by atoms with E-state index in [2.05, 4.69) is 5.32 Å². The van der Waals surface area contributed by atoms with Gasteiger partial charge >= 0.3 is 6.18 Å². The summed E-state index contributed by atoms with van der Waals surface area (Å²) in [6, 6.07) is 5.91. The third-order valence-corrected chi connectivity index (χ3v) is 3.26. The van der Waals surface area contributed by atoms with Crippen LogP contribution in [0.2, 0.25) is 0 Å². The molecule has 1 atom stereocenters. The third kappa shape index (κ3) is 5.38. The molecule has 1 unspecified atom stereocenters. The maximum absolute atomic E-state index is 13.1. The van der Waals surface area contributed by atoms with Crippen LogP contribution in [-0.4, -0.2) is 36.6 Å². The van der Waals surface area contributed by atoms with Gasteiger partial charge < -0.3 is 10.2 Å². The predicted octanol–water partition coefficient (Wildman–Crippen LogP) is 3.14. The van der Waals surface area contributed by atoms with Crippen molar-refractivity contribution in [2.24, 2.45) is 0 Å². The lowest BCUT2D eigenvalue weighted by molar-refractivity contribution is -0.158. The lowest BCUT2D eigenvalue weighted by atomic mass is 10.1. The Hall–Kier alpha value is -1.56. The van der Waals surface area contributed by atoms with Gasteiger partial charge in [0.1, 0.15) is 6.04 Å². The van der Waals surface area contributed by atoms with Crippen LogP contribution in [0, 0.1) is 0 Å². The van der Waals surface area contributed by atoms with Crippen LogP contribution in [0.25, 0.3) is 0 Å². The molecular weight excluding hydrogens is 281 g/mol. The van der Waals surface area contributed by atoms with Crippen LogP contribution in [0.4, 0.5) is 13.2 Å². The van der Waals surface area contributed by atoms with Gasteiger partial charge in [0.05, 0.1) is 0 Å². The summed E-state index contributed by atoms with van der Waals surface area (Å²) in [6.45, 7) is 4.82. The highest BCUT2D eigenvalue weighted by molar-refractivity contribution is 5.76. The molecule has 0 saturated carbocycles. The Morgan fingerprint density at radius 1 is 1.19 bits per heavy atom. The molecule has 6 heteroatoms. The Morgan fingerprint density at radius 3 is 2.24 bits per heavy atom. The fraction of sp³-hybridized carbons (Fsp3) is 0.533. The van der Waals surface area contributed by atoms with Crippen molar-refractivity contribution in [2.75, 3.05) is 19.6 Å². The highest BCUT2D eigenvalue weighted by Crippen LogP contribution is 2.32. The zero-order valence-electron chi connectivity index (χ0n) is 12.3. The summed E-state index contributed by atoms with van der Waals surface area (Å²) in [5.74, 6) is -0.138. The van der Waals surface area contributed by atoms with E-state index in [1.165, 1.54) is 12.1 Å². The molecule has 0 aliphatic carbocycles. The van der Waals surface area contributed by atoms with E-state index < -0.39 is 12.2 Å². The number of amides is 1. The van der Waals surface area contributed by atoms with Crippen LogP contribution in [-0.2, 0) is 4.79 Å². The lowest BCUT2D eigenvalue weighted by Gasteiger charge is -2.23. The van der Waals surface area contributed by atoms with Crippen LogP contribution in [0.3, 0.4) is 0 Å². The van der Waals surface area contributed by atoms with Crippen LogP contribution >= 0.6 is 0 Å². The number of carbonyl (C=O) groups excluding carboxylic acids is 1. The van der Waals surface area contributed by atoms with Crippen molar-refractivity contribution < 1.29 is 18.0 Å². The monoisotopic (exact) mass is 302 g/mol. The van der Waals surface area contributed by atoms with E-state index in [1.807, 2.05) is 13.8 Å². The average molecular weight is 302 g/mol. The predicted molar refractivity (Wildman–Crippen MR) is 75.8 cm³/mol. The second kappa shape index (κ2) is 8.02. The fourth-order valence-electron chi connectivity index (χ4n) is 2.13. The van der Waals surface area contributed by atoms with Crippen molar-refractivity contribution in [2.45, 2.75) is 32.5 Å². The van der Waals surface area contributed by atoms with Crippen LogP contribution in [0.5, 0.6) is 0 Å². The standard InChI is InChI=1S/C15H21F3N2O/c1-3-20(4-2)13(21)10-11-19-14(15(16,17)18)12-8-6-5-7-9-12/h5-9,14,19H,3-4,10-11H2,1-2H3. The summed E-state index contributed by atoms with van der Waals surface area (Å²) >= 11 is 0. The van der Waals surface area contributed by atoms with Gasteiger partial charge in [0.15, 0.2) is 0 Å². The number of halogens is 3. The van der Waals surface area contributed by atoms with Gasteiger partial charge in [0.2, 0.25) is 5.91 Å². The van der Waals surface area contributed by atoms with Gasteiger partial charge in [0.25, 0.3) is 0 Å². The Kier molecular flexibility index (Phi) is 6.68. The second-order valence-corrected chi connectivity index (χ2v) is 4.66. The van der Waals surface area contributed by atoms with Crippen molar-refractivity contribution in [3.05, 3.63) is 35.9 Å². The topological polar surface area (TPSA) is 32.3 Å². The molecule has 0 radical (unpaired) electrons. The van der Waals surface area contributed by atoms with Crippen molar-refractivity contribution in [1.29, 1.82) is 0 Å². The van der Waals surface area contributed by atoms with Crippen molar-refractivity contribution in [3.63, 3.8) is 0 Å². The molecule has 0 aliphatic rings. The third-order valence-electron chi connectivity index (χ3n) is 3.26. The highest BCUT2D eigenvalue weighted by atomic mass is 19.4. The normalized spacial score (nSPS) is 13.0. The van der Waals surface area contributed by atoms with E-state index >= 15 is 0 Å². The minimum absolute atomic E-state index is 0.00555. The minimum atomic E-state index is -4.39. The van der Waals surface area contributed by atoms with E-state index in [0.29, 0.717) is 13.1 Å². The SMILES string of the molecule is CCN(CC)C(=O)CCNC(c1ccccc1)C(F)(F)F. The number of alkyl halides is 3. The van der Waals surface area contributed by atoms with Gasteiger partial charge in [-0.2, -0.15) is 13.2 Å². The van der Waals surface area contributed by atoms with Crippen LogP contribution in [0.15, 0.2) is 30.3 Å². The second-order valence-electron chi connectivity index (χ2n) is 4.66. The van der Waals surface area contributed by atoms with E-state index in [9.17, 15) is 18.0 Å². The van der Waals surface area contributed by atoms with Crippen LogP contribution < -0.4 is 5.32 Å². The average Bonchev–Trinajstić information content (AvgIpc) is 2.44. The van der Waals surface area contributed by atoms with Gasteiger partial charge in [-0.1, -0.05) is 30.3 Å². The number of carbonyl (C=O) groups is 1. The van der Waals surface area contributed by atoms with Crippen molar-refractivity contribution in [1.82, 2.24) is 10.2 Å². The van der Waals surface area contributed by atoms with Crippen molar-refractivity contribution in [3.8, 4) is 0 Å². The number of nitrogens with one attached hydrogen (secondary N) is 1. The lowest BCUT2D eigenvalue weighted by Crippen LogP contribution is -2.37. The molecule has 0 heterocycles. The molecule has 0 saturated heterocycles. The molecule has 118 valence electrons. The molecule has 0 aliphatic heterocycles. The fourth-order valence-corrected chi connectivity index (χ4v) is 2.13. The van der Waals surface area contributed by atoms with E-state index in [4.69, 9.17) is 0 Å². The summed E-state index contributed by atoms with van der Waals surface area (Å²) in [6.07, 6.45) is -4.33. The molecule has 1 amide bonds. The number of rotatable bonds is 7. The highest BCUT2D eigenvalue weighted by Gasteiger charge is 2.40. The molecular formula is C15H21F3N2O. The molecule has 21 heavy (non-hydrogen) atoms. The summed E-state index contributed by atoms with van der Waals surface area (Å²) < 4.78 is 39.2. The summed E-state index contributed by atoms with van der Waals surface area (Å²) in [5.41, 5.74) is 0.153. The van der Waals surface area contributed by atoms with E-state index in [-0.39, 0.29) is 24.4 Å². The number of nitrogens with zero attached hydrogens (tertiary/aromatic N) is 1. The first kappa shape index (κ1) is 17.5. The molecule has 1 rings (SSSR count).